The van der Waals surface area contributed by atoms with Crippen molar-refractivity contribution < 1.29 is 66.8 Å². The first-order valence-corrected chi connectivity index (χ1v) is 27.3. The summed E-state index contributed by atoms with van der Waals surface area (Å²) in [4.78, 5) is 127. The molecule has 2 rings (SSSR count). The average Bonchev–Trinajstić information content (AvgIpc) is 3.27. The molecule has 79 heavy (non-hydrogen) atoms. The Balaban J connectivity index is 2.31. The second kappa shape index (κ2) is 31.9. The first-order valence-electron chi connectivity index (χ1n) is 27.3. The second-order valence-electron chi connectivity index (χ2n) is 24.8. The van der Waals surface area contributed by atoms with E-state index in [2.05, 4.69) is 21.3 Å². The highest BCUT2D eigenvalue weighted by Gasteiger charge is 2.31. The number of amides is 4. The Morgan fingerprint density at radius 2 is 0.924 bits per heavy atom. The molecular weight excluding hydrogens is 1020 g/mol. The van der Waals surface area contributed by atoms with Crippen LogP contribution in [0.3, 0.4) is 0 Å². The van der Waals surface area contributed by atoms with Crippen LogP contribution in [-0.4, -0.2) is 205 Å². The molecule has 1 aromatic carbocycles. The quantitative estimate of drug-likeness (QED) is 0.0598. The van der Waals surface area contributed by atoms with Gasteiger partial charge in [0.25, 0.3) is 5.91 Å². The third kappa shape index (κ3) is 32.8. The van der Waals surface area contributed by atoms with E-state index in [1.807, 2.05) is 19.6 Å². The summed E-state index contributed by atoms with van der Waals surface area (Å²) >= 11 is 0. The number of hydrogen-bond acceptors (Lipinski definition) is 19. The van der Waals surface area contributed by atoms with E-state index < -0.39 is 101 Å². The topological polar surface area (TPSA) is 287 Å². The Kier molecular flexibility index (Phi) is 28.0. The van der Waals surface area contributed by atoms with Gasteiger partial charge in [-0.1, -0.05) is 12.1 Å². The lowest BCUT2D eigenvalue weighted by atomic mass is 10.1. The molecule has 23 nitrogen and oxygen atoms in total. The van der Waals surface area contributed by atoms with Gasteiger partial charge in [0.15, 0.2) is 0 Å². The molecule has 0 aliphatic carbocycles. The van der Waals surface area contributed by atoms with Crippen molar-refractivity contribution in [3.63, 3.8) is 0 Å². The third-order valence-corrected chi connectivity index (χ3v) is 11.1. The average molecular weight is 1120 g/mol. The molecule has 0 radical (unpaired) electrons. The highest BCUT2D eigenvalue weighted by molar-refractivity contribution is 5.99. The molecule has 448 valence electrons. The van der Waals surface area contributed by atoms with Crippen LogP contribution in [0, 0.1) is 0 Å². The number of ether oxygens (including phenoxy) is 5. The fraction of sp³-hybridized carbons (Fsp3) is 0.732. The zero-order valence-electron chi connectivity index (χ0n) is 50.0. The Hall–Kier alpha value is -5.75. The molecule has 1 saturated heterocycles. The van der Waals surface area contributed by atoms with Gasteiger partial charge in [-0.15, -0.1) is 0 Å². The number of benzene rings is 1. The molecule has 0 aromatic heterocycles. The summed E-state index contributed by atoms with van der Waals surface area (Å²) in [6.45, 7) is 28.7. The summed E-state index contributed by atoms with van der Waals surface area (Å²) in [6.07, 6.45) is 0.812. The minimum Gasteiger partial charge on any atom is -0.460 e. The summed E-state index contributed by atoms with van der Waals surface area (Å²) in [5.41, 5.74) is 2.40. The first-order chi connectivity index (χ1) is 36.4. The van der Waals surface area contributed by atoms with Gasteiger partial charge in [0, 0.05) is 64.5 Å². The summed E-state index contributed by atoms with van der Waals surface area (Å²) < 4.78 is 27.9. The van der Waals surface area contributed by atoms with Crippen LogP contribution < -0.4 is 27.0 Å². The fourth-order valence-electron chi connectivity index (χ4n) is 7.81. The van der Waals surface area contributed by atoms with E-state index in [0.29, 0.717) is 77.3 Å². The predicted octanol–water partition coefficient (Wildman–Crippen LogP) is 2.45. The summed E-state index contributed by atoms with van der Waals surface area (Å²) in [6, 6.07) is 3.83. The van der Waals surface area contributed by atoms with Crippen molar-refractivity contribution >= 4 is 53.5 Å². The fourth-order valence-corrected chi connectivity index (χ4v) is 7.81. The third-order valence-electron chi connectivity index (χ3n) is 11.1. The number of carbonyl (C=O) groups excluding carboxylic acids is 9. The van der Waals surface area contributed by atoms with Crippen LogP contribution in [0.15, 0.2) is 24.3 Å². The van der Waals surface area contributed by atoms with Crippen molar-refractivity contribution in [2.24, 2.45) is 5.73 Å². The number of hydrogen-bond donors (Lipinski definition) is 5. The van der Waals surface area contributed by atoms with Crippen molar-refractivity contribution in [1.82, 2.24) is 40.9 Å². The molecule has 1 aliphatic rings. The van der Waals surface area contributed by atoms with Crippen LogP contribution in [0.25, 0.3) is 0 Å². The normalized spacial score (nSPS) is 15.9. The highest BCUT2D eigenvalue weighted by atomic mass is 16.6. The Morgan fingerprint density at radius 3 is 1.34 bits per heavy atom. The Labute approximate surface area is 468 Å². The standard InChI is InChI=1S/C56H95N9O14/c1-52(2,3)75-45(68)32-42(50(73)59-34-43(66)60-41(21-16-17-22-57)51(74)79-56(13,14)15)61-49(72)40-20-18-19-39(31-40)33-58-44(67)35-62-23-25-63(36-46(69)76-53(4,5)6)27-29-65(38-48(71)78-55(10,11)12)30-28-64(26-24-62)37-47(70)77-54(7,8)9/h18-20,31,41-42H,16-17,21-30,32-38,57H2,1-15H3,(H,58,67)(H,59,73)(H,60,66)(H,61,72)/t41-,42-/m0/s1. The number of esters is 5. The van der Waals surface area contributed by atoms with Crippen molar-refractivity contribution in [1.29, 1.82) is 0 Å². The molecule has 4 amide bonds. The molecule has 1 aliphatic heterocycles. The van der Waals surface area contributed by atoms with Gasteiger partial charge in [0.05, 0.1) is 39.1 Å². The number of nitrogens with zero attached hydrogens (tertiary/aromatic N) is 4. The Bertz CT molecular complexity index is 2140. The van der Waals surface area contributed by atoms with E-state index in [9.17, 15) is 43.2 Å². The number of nitrogens with one attached hydrogen (secondary N) is 4. The molecule has 0 bridgehead atoms. The van der Waals surface area contributed by atoms with Crippen molar-refractivity contribution in [3.8, 4) is 0 Å². The summed E-state index contributed by atoms with van der Waals surface area (Å²) in [7, 11) is 0. The van der Waals surface area contributed by atoms with Crippen LogP contribution in [0.1, 0.15) is 145 Å². The van der Waals surface area contributed by atoms with Crippen LogP contribution in [-0.2, 0) is 68.6 Å². The number of nitrogens with two attached hydrogens (primary N) is 1. The monoisotopic (exact) mass is 1120 g/mol. The molecule has 0 spiro atoms. The van der Waals surface area contributed by atoms with E-state index >= 15 is 0 Å². The lowest BCUT2D eigenvalue weighted by molar-refractivity contribution is -0.159. The molecule has 1 fully saturated rings. The van der Waals surface area contributed by atoms with E-state index in [4.69, 9.17) is 29.4 Å². The largest absolute Gasteiger partial charge is 0.460 e. The molecule has 1 heterocycles. The smallest absolute Gasteiger partial charge is 0.329 e. The lowest BCUT2D eigenvalue weighted by Gasteiger charge is -2.34. The van der Waals surface area contributed by atoms with Gasteiger partial charge in [0.1, 0.15) is 40.1 Å². The van der Waals surface area contributed by atoms with E-state index in [1.54, 1.807) is 116 Å². The van der Waals surface area contributed by atoms with Gasteiger partial charge in [-0.2, -0.15) is 0 Å². The molecule has 23 heteroatoms. The molecule has 1 aromatic rings. The van der Waals surface area contributed by atoms with E-state index in [1.165, 1.54) is 12.1 Å². The van der Waals surface area contributed by atoms with Gasteiger partial charge >= 0.3 is 29.8 Å². The van der Waals surface area contributed by atoms with Crippen LogP contribution >= 0.6 is 0 Å². The lowest BCUT2D eigenvalue weighted by Crippen LogP contribution is -2.52. The SMILES string of the molecule is CC(C)(C)OC(=O)C[C@H](NC(=O)c1cccc(CNC(=O)CN2CCN(CC(=O)OC(C)(C)C)CCN(CC(=O)OC(C)(C)C)CCN(CC(=O)OC(C)(C)C)CC2)c1)C(=O)NCC(=O)N[C@@H](CCCCN)C(=O)OC(C)(C)C. The van der Waals surface area contributed by atoms with Crippen molar-refractivity contribution in [3.05, 3.63) is 35.4 Å². The maximum Gasteiger partial charge on any atom is 0.329 e. The van der Waals surface area contributed by atoms with E-state index in [0.717, 1.165) is 0 Å². The zero-order chi connectivity index (χ0) is 59.9. The molecular formula is C56H95N9O14. The van der Waals surface area contributed by atoms with Crippen LogP contribution in [0.2, 0.25) is 0 Å². The van der Waals surface area contributed by atoms with Crippen molar-refractivity contribution in [2.75, 3.05) is 91.6 Å². The van der Waals surface area contributed by atoms with Crippen LogP contribution in [0.5, 0.6) is 0 Å². The van der Waals surface area contributed by atoms with Gasteiger partial charge in [0.2, 0.25) is 17.7 Å². The summed E-state index contributed by atoms with van der Waals surface area (Å²) in [5, 5.41) is 10.6. The van der Waals surface area contributed by atoms with Crippen molar-refractivity contribution in [2.45, 2.75) is 176 Å². The predicted molar refractivity (Wildman–Crippen MR) is 297 cm³/mol. The molecule has 2 atom stereocenters. The minimum absolute atomic E-state index is 0.00423. The maximum atomic E-state index is 13.8. The molecule has 6 N–H and O–H groups in total. The number of unbranched alkanes of at least 4 members (excludes halogenated alkanes) is 1. The summed E-state index contributed by atoms with van der Waals surface area (Å²) in [5.74, 6) is -5.35. The van der Waals surface area contributed by atoms with Gasteiger partial charge < -0.3 is 50.7 Å². The van der Waals surface area contributed by atoms with Crippen LogP contribution in [0.4, 0.5) is 0 Å². The van der Waals surface area contributed by atoms with E-state index in [-0.39, 0.29) is 50.6 Å². The minimum atomic E-state index is -1.49. The van der Waals surface area contributed by atoms with Gasteiger partial charge in [-0.3, -0.25) is 58.0 Å². The highest BCUT2D eigenvalue weighted by Crippen LogP contribution is 2.15. The van der Waals surface area contributed by atoms with Gasteiger partial charge in [-0.25, -0.2) is 4.79 Å². The number of rotatable bonds is 23. The molecule has 0 unspecified atom stereocenters. The number of carbonyl (C=O) groups is 9. The zero-order valence-corrected chi connectivity index (χ0v) is 50.0. The first kappa shape index (κ1) is 69.4. The Morgan fingerprint density at radius 1 is 0.506 bits per heavy atom. The van der Waals surface area contributed by atoms with Gasteiger partial charge in [-0.05, 0) is 147 Å². The second-order valence-corrected chi connectivity index (χ2v) is 24.8. The molecule has 0 saturated carbocycles. The maximum absolute atomic E-state index is 13.8.